The van der Waals surface area contributed by atoms with Crippen molar-refractivity contribution in [3.63, 3.8) is 0 Å². The van der Waals surface area contributed by atoms with Gasteiger partial charge in [0.1, 0.15) is 0 Å². The third-order valence-corrected chi connectivity index (χ3v) is 3.65. The summed E-state index contributed by atoms with van der Waals surface area (Å²) in [5.74, 6) is 0. The lowest BCUT2D eigenvalue weighted by Gasteiger charge is -2.23. The maximum Gasteiger partial charge on any atom is 0.0466 e. The lowest BCUT2D eigenvalue weighted by Crippen LogP contribution is -2.13. The summed E-state index contributed by atoms with van der Waals surface area (Å²) in [5.41, 5.74) is 0.736. The maximum atomic E-state index is 8.96. The predicted octanol–water partition coefficient (Wildman–Crippen LogP) is 4.80. The Morgan fingerprint density at radius 2 is 1.26 bits per heavy atom. The van der Waals surface area contributed by atoms with Crippen LogP contribution in [0.1, 0.15) is 79.6 Å². The van der Waals surface area contributed by atoms with Gasteiger partial charge >= 0.3 is 0 Å². The van der Waals surface area contributed by atoms with E-state index in [4.69, 9.17) is 9.84 Å². The average molecular weight is 272 g/mol. The second-order valence-electron chi connectivity index (χ2n) is 7.73. The lowest BCUT2D eigenvalue weighted by molar-refractivity contribution is 0.119. The van der Waals surface area contributed by atoms with Gasteiger partial charge in [-0.3, -0.25) is 0 Å². The van der Waals surface area contributed by atoms with Crippen LogP contribution in [0.5, 0.6) is 0 Å². The molecule has 0 aliphatic carbocycles. The first-order chi connectivity index (χ1) is 8.77. The molecule has 0 aromatic rings. The largest absolute Gasteiger partial charge is 0.396 e. The van der Waals surface area contributed by atoms with Crippen LogP contribution in [0.2, 0.25) is 0 Å². The van der Waals surface area contributed by atoms with E-state index in [1.54, 1.807) is 0 Å². The van der Waals surface area contributed by atoms with Crippen molar-refractivity contribution in [3.05, 3.63) is 0 Å². The zero-order valence-electron chi connectivity index (χ0n) is 13.9. The Hall–Kier alpha value is -0.0800. The molecular formula is C17H36O2. The fourth-order valence-corrected chi connectivity index (χ4v) is 2.20. The Morgan fingerprint density at radius 1 is 0.737 bits per heavy atom. The summed E-state index contributed by atoms with van der Waals surface area (Å²) in [6.07, 6.45) is 8.18. The van der Waals surface area contributed by atoms with Crippen LogP contribution in [0, 0.1) is 10.8 Å². The highest BCUT2D eigenvalue weighted by Gasteiger charge is 2.15. The standard InChI is InChI=1S/C17H36O2/c1-16(2,3)10-6-8-14-19-15-9-7-11-17(4,5)12-13-18/h18H,6-15H2,1-5H3. The fraction of sp³-hybridized carbons (Fsp3) is 1.00. The van der Waals surface area contributed by atoms with Crippen LogP contribution in [0.4, 0.5) is 0 Å². The Kier molecular flexibility index (Phi) is 9.72. The van der Waals surface area contributed by atoms with E-state index in [0.717, 1.165) is 26.1 Å². The molecule has 0 aromatic heterocycles. The Bertz CT molecular complexity index is 204. The van der Waals surface area contributed by atoms with E-state index in [1.807, 2.05) is 0 Å². The van der Waals surface area contributed by atoms with Gasteiger partial charge in [0.05, 0.1) is 0 Å². The highest BCUT2D eigenvalue weighted by molar-refractivity contribution is 4.67. The van der Waals surface area contributed by atoms with Crippen LogP contribution >= 0.6 is 0 Å². The zero-order valence-corrected chi connectivity index (χ0v) is 13.9. The van der Waals surface area contributed by atoms with E-state index in [-0.39, 0.29) is 5.41 Å². The topological polar surface area (TPSA) is 29.5 Å². The van der Waals surface area contributed by atoms with Crippen LogP contribution in [-0.2, 0) is 4.74 Å². The quantitative estimate of drug-likeness (QED) is 0.548. The smallest absolute Gasteiger partial charge is 0.0466 e. The van der Waals surface area contributed by atoms with Gasteiger partial charge in [0, 0.05) is 19.8 Å². The fourth-order valence-electron chi connectivity index (χ4n) is 2.20. The molecule has 0 aromatic carbocycles. The summed E-state index contributed by atoms with van der Waals surface area (Å²) in [4.78, 5) is 0. The summed E-state index contributed by atoms with van der Waals surface area (Å²) in [5, 5.41) is 8.96. The van der Waals surface area contributed by atoms with Crippen molar-refractivity contribution >= 4 is 0 Å². The van der Waals surface area contributed by atoms with Crippen molar-refractivity contribution in [1.82, 2.24) is 0 Å². The molecule has 0 atom stereocenters. The Balaban J connectivity index is 3.28. The first-order valence-corrected chi connectivity index (χ1v) is 7.95. The van der Waals surface area contributed by atoms with E-state index in [0.29, 0.717) is 12.0 Å². The SMILES string of the molecule is CC(C)(C)CCCCOCCCCC(C)(C)CCO. The molecule has 0 heterocycles. The second kappa shape index (κ2) is 9.77. The maximum absolute atomic E-state index is 8.96. The summed E-state index contributed by atoms with van der Waals surface area (Å²) >= 11 is 0. The minimum Gasteiger partial charge on any atom is -0.396 e. The summed E-state index contributed by atoms with van der Waals surface area (Å²) in [6.45, 7) is 13.5. The molecular weight excluding hydrogens is 236 g/mol. The zero-order chi connectivity index (χ0) is 14.8. The number of aliphatic hydroxyl groups excluding tert-OH is 1. The third-order valence-electron chi connectivity index (χ3n) is 3.65. The van der Waals surface area contributed by atoms with Crippen LogP contribution in [-0.4, -0.2) is 24.9 Å². The highest BCUT2D eigenvalue weighted by Crippen LogP contribution is 2.26. The number of unbranched alkanes of at least 4 members (excludes halogenated alkanes) is 2. The molecule has 0 unspecified atom stereocenters. The van der Waals surface area contributed by atoms with Crippen molar-refractivity contribution in [2.24, 2.45) is 10.8 Å². The van der Waals surface area contributed by atoms with Crippen molar-refractivity contribution in [1.29, 1.82) is 0 Å². The van der Waals surface area contributed by atoms with E-state index in [1.165, 1.54) is 32.1 Å². The number of hydrogen-bond donors (Lipinski definition) is 1. The third kappa shape index (κ3) is 14.1. The van der Waals surface area contributed by atoms with Gasteiger partial charge in [0.15, 0.2) is 0 Å². The minimum atomic E-state index is 0.279. The molecule has 2 nitrogen and oxygen atoms in total. The van der Waals surface area contributed by atoms with Gasteiger partial charge in [-0.05, 0) is 42.9 Å². The van der Waals surface area contributed by atoms with E-state index in [2.05, 4.69) is 34.6 Å². The molecule has 0 saturated heterocycles. The molecule has 0 amide bonds. The molecule has 0 aliphatic heterocycles. The van der Waals surface area contributed by atoms with Crippen LogP contribution < -0.4 is 0 Å². The lowest BCUT2D eigenvalue weighted by atomic mass is 9.84. The minimum absolute atomic E-state index is 0.279. The first kappa shape index (κ1) is 18.9. The van der Waals surface area contributed by atoms with Gasteiger partial charge < -0.3 is 9.84 Å². The van der Waals surface area contributed by atoms with Gasteiger partial charge in [-0.2, -0.15) is 0 Å². The van der Waals surface area contributed by atoms with Crippen molar-refractivity contribution in [3.8, 4) is 0 Å². The van der Waals surface area contributed by atoms with Crippen molar-refractivity contribution < 1.29 is 9.84 Å². The molecule has 0 radical (unpaired) electrons. The Morgan fingerprint density at radius 3 is 1.74 bits per heavy atom. The molecule has 0 fully saturated rings. The molecule has 0 rings (SSSR count). The number of ether oxygens (including phenoxy) is 1. The van der Waals surface area contributed by atoms with Crippen LogP contribution in [0.25, 0.3) is 0 Å². The molecule has 0 bridgehead atoms. The molecule has 0 spiro atoms. The van der Waals surface area contributed by atoms with Gasteiger partial charge in [-0.15, -0.1) is 0 Å². The normalized spacial score (nSPS) is 12.9. The van der Waals surface area contributed by atoms with E-state index >= 15 is 0 Å². The molecule has 0 saturated carbocycles. The summed E-state index contributed by atoms with van der Waals surface area (Å²) in [7, 11) is 0. The number of aliphatic hydroxyl groups is 1. The van der Waals surface area contributed by atoms with E-state index in [9.17, 15) is 0 Å². The van der Waals surface area contributed by atoms with Gasteiger partial charge in [0.25, 0.3) is 0 Å². The van der Waals surface area contributed by atoms with Crippen LogP contribution in [0.15, 0.2) is 0 Å². The highest BCUT2D eigenvalue weighted by atomic mass is 16.5. The van der Waals surface area contributed by atoms with Gasteiger partial charge in [-0.1, -0.05) is 47.5 Å². The van der Waals surface area contributed by atoms with Gasteiger partial charge in [0.2, 0.25) is 0 Å². The van der Waals surface area contributed by atoms with Crippen molar-refractivity contribution in [2.75, 3.05) is 19.8 Å². The second-order valence-corrected chi connectivity index (χ2v) is 7.73. The predicted molar refractivity (Wildman–Crippen MR) is 83.5 cm³/mol. The monoisotopic (exact) mass is 272 g/mol. The Labute approximate surface area is 120 Å². The average Bonchev–Trinajstić information content (AvgIpc) is 2.25. The molecule has 1 N–H and O–H groups in total. The summed E-state index contributed by atoms with van der Waals surface area (Å²) in [6, 6.07) is 0. The van der Waals surface area contributed by atoms with Crippen molar-refractivity contribution in [2.45, 2.75) is 79.6 Å². The van der Waals surface area contributed by atoms with Crippen LogP contribution in [0.3, 0.4) is 0 Å². The molecule has 0 aliphatic rings. The number of rotatable bonds is 11. The molecule has 19 heavy (non-hydrogen) atoms. The number of hydrogen-bond acceptors (Lipinski definition) is 2. The van der Waals surface area contributed by atoms with Gasteiger partial charge in [-0.25, -0.2) is 0 Å². The first-order valence-electron chi connectivity index (χ1n) is 7.95. The summed E-state index contributed by atoms with van der Waals surface area (Å²) < 4.78 is 5.67. The molecule has 116 valence electrons. The van der Waals surface area contributed by atoms with E-state index < -0.39 is 0 Å². The molecule has 2 heteroatoms.